The van der Waals surface area contributed by atoms with E-state index in [0.717, 1.165) is 0 Å². The molecular weight excluding hydrogens is 140 g/mol. The molecule has 0 aromatic heterocycles. The summed E-state index contributed by atoms with van der Waals surface area (Å²) in [6.07, 6.45) is 5.64. The van der Waals surface area contributed by atoms with Crippen LogP contribution in [-0.4, -0.2) is 20.5 Å². The molecule has 0 aromatic carbocycles. The van der Waals surface area contributed by atoms with Crippen molar-refractivity contribution in [2.24, 2.45) is 0 Å². The van der Waals surface area contributed by atoms with Gasteiger partial charge in [0, 0.05) is 14.2 Å². The van der Waals surface area contributed by atoms with Gasteiger partial charge in [0.2, 0.25) is 0 Å². The van der Waals surface area contributed by atoms with Crippen LogP contribution in [0, 0.1) is 0 Å². The van der Waals surface area contributed by atoms with E-state index in [1.165, 1.54) is 5.57 Å². The first-order valence-electron chi connectivity index (χ1n) is 3.61. The molecule has 0 aliphatic carbocycles. The van der Waals surface area contributed by atoms with Gasteiger partial charge in [-0.05, 0) is 19.9 Å². The van der Waals surface area contributed by atoms with Crippen molar-refractivity contribution in [3.63, 3.8) is 0 Å². The van der Waals surface area contributed by atoms with Crippen LogP contribution in [-0.2, 0) is 9.47 Å². The van der Waals surface area contributed by atoms with E-state index in [9.17, 15) is 0 Å². The van der Waals surface area contributed by atoms with E-state index in [1.54, 1.807) is 14.2 Å². The third-order valence-corrected chi connectivity index (χ3v) is 1.44. The van der Waals surface area contributed by atoms with E-state index >= 15 is 0 Å². The van der Waals surface area contributed by atoms with E-state index in [1.807, 2.05) is 32.1 Å². The molecule has 0 aromatic rings. The molecule has 0 bridgehead atoms. The van der Waals surface area contributed by atoms with Gasteiger partial charge in [0.05, 0.1) is 0 Å². The Kier molecular flexibility index (Phi) is 5.80. The molecule has 2 heteroatoms. The Morgan fingerprint density at radius 1 is 1.27 bits per heavy atom. The van der Waals surface area contributed by atoms with Crippen molar-refractivity contribution in [3.05, 3.63) is 23.8 Å². The highest BCUT2D eigenvalue weighted by atomic mass is 16.7. The number of hydrogen-bond acceptors (Lipinski definition) is 2. The minimum atomic E-state index is -0.232. The molecule has 2 nitrogen and oxygen atoms in total. The van der Waals surface area contributed by atoms with Gasteiger partial charge in [-0.25, -0.2) is 0 Å². The Bertz CT molecular complexity index is 144. The molecule has 0 aliphatic heterocycles. The Hall–Kier alpha value is -0.600. The maximum atomic E-state index is 4.96. The SMILES string of the molecule is CC=C(C)C=CC(OC)OC. The van der Waals surface area contributed by atoms with Crippen LogP contribution < -0.4 is 0 Å². The van der Waals surface area contributed by atoms with Gasteiger partial charge in [-0.1, -0.05) is 17.7 Å². The fourth-order valence-electron chi connectivity index (χ4n) is 0.580. The van der Waals surface area contributed by atoms with Crippen LogP contribution in [0.5, 0.6) is 0 Å². The van der Waals surface area contributed by atoms with E-state index in [-0.39, 0.29) is 6.29 Å². The molecule has 11 heavy (non-hydrogen) atoms. The van der Waals surface area contributed by atoms with Crippen molar-refractivity contribution in [1.82, 2.24) is 0 Å². The Labute approximate surface area is 68.5 Å². The Morgan fingerprint density at radius 2 is 1.82 bits per heavy atom. The van der Waals surface area contributed by atoms with Crippen LogP contribution in [0.1, 0.15) is 13.8 Å². The summed E-state index contributed by atoms with van der Waals surface area (Å²) in [7, 11) is 3.23. The fraction of sp³-hybridized carbons (Fsp3) is 0.556. The lowest BCUT2D eigenvalue weighted by atomic mass is 10.2. The first-order chi connectivity index (χ1) is 5.24. The summed E-state index contributed by atoms with van der Waals surface area (Å²) in [5.74, 6) is 0. The lowest BCUT2D eigenvalue weighted by molar-refractivity contribution is -0.0666. The summed E-state index contributed by atoms with van der Waals surface area (Å²) < 4.78 is 9.92. The standard InChI is InChI=1S/C9H16O2/c1-5-8(2)6-7-9(10-3)11-4/h5-7,9H,1-4H3. The van der Waals surface area contributed by atoms with Gasteiger partial charge in [-0.15, -0.1) is 0 Å². The summed E-state index contributed by atoms with van der Waals surface area (Å²) in [6, 6.07) is 0. The van der Waals surface area contributed by atoms with Crippen molar-refractivity contribution >= 4 is 0 Å². The topological polar surface area (TPSA) is 18.5 Å². The maximum absolute atomic E-state index is 4.96. The van der Waals surface area contributed by atoms with Crippen LogP contribution in [0.4, 0.5) is 0 Å². The van der Waals surface area contributed by atoms with Crippen LogP contribution in [0.3, 0.4) is 0 Å². The zero-order chi connectivity index (χ0) is 8.69. The largest absolute Gasteiger partial charge is 0.352 e. The van der Waals surface area contributed by atoms with E-state index < -0.39 is 0 Å². The Balaban J connectivity index is 3.88. The molecule has 0 rings (SSSR count). The number of methoxy groups -OCH3 is 2. The third kappa shape index (κ3) is 4.76. The second-order valence-corrected chi connectivity index (χ2v) is 2.23. The lowest BCUT2D eigenvalue weighted by Crippen LogP contribution is -2.08. The monoisotopic (exact) mass is 156 g/mol. The van der Waals surface area contributed by atoms with Gasteiger partial charge in [-0.2, -0.15) is 0 Å². The average Bonchev–Trinajstić information content (AvgIpc) is 2.06. The lowest BCUT2D eigenvalue weighted by Gasteiger charge is -2.06. The molecule has 0 atom stereocenters. The molecule has 0 aliphatic rings. The molecule has 0 saturated heterocycles. The highest BCUT2D eigenvalue weighted by Crippen LogP contribution is 1.98. The van der Waals surface area contributed by atoms with Crippen molar-refractivity contribution in [1.29, 1.82) is 0 Å². The van der Waals surface area contributed by atoms with Crippen LogP contribution in [0.2, 0.25) is 0 Å². The number of hydrogen-bond donors (Lipinski definition) is 0. The number of rotatable bonds is 4. The average molecular weight is 156 g/mol. The smallest absolute Gasteiger partial charge is 0.176 e. The maximum Gasteiger partial charge on any atom is 0.176 e. The predicted octanol–water partition coefficient (Wildman–Crippen LogP) is 2.13. The molecule has 0 saturated carbocycles. The molecule has 0 amide bonds. The summed E-state index contributed by atoms with van der Waals surface area (Å²) >= 11 is 0. The molecule has 0 radical (unpaired) electrons. The highest BCUT2D eigenvalue weighted by molar-refractivity contribution is 5.15. The van der Waals surface area contributed by atoms with Crippen molar-refractivity contribution in [2.75, 3.05) is 14.2 Å². The fourth-order valence-corrected chi connectivity index (χ4v) is 0.580. The third-order valence-electron chi connectivity index (χ3n) is 1.44. The molecule has 0 heterocycles. The van der Waals surface area contributed by atoms with Gasteiger partial charge in [0.25, 0.3) is 0 Å². The summed E-state index contributed by atoms with van der Waals surface area (Å²) in [5.41, 5.74) is 1.20. The summed E-state index contributed by atoms with van der Waals surface area (Å²) in [6.45, 7) is 4.02. The molecule has 64 valence electrons. The normalized spacial score (nSPS) is 13.4. The van der Waals surface area contributed by atoms with Gasteiger partial charge in [0.15, 0.2) is 6.29 Å². The molecule has 0 unspecified atom stereocenters. The quantitative estimate of drug-likeness (QED) is 0.458. The van der Waals surface area contributed by atoms with Crippen molar-refractivity contribution in [3.8, 4) is 0 Å². The van der Waals surface area contributed by atoms with Crippen molar-refractivity contribution < 1.29 is 9.47 Å². The minimum Gasteiger partial charge on any atom is -0.352 e. The number of ether oxygens (including phenoxy) is 2. The molecular formula is C9H16O2. The Morgan fingerprint density at radius 3 is 2.18 bits per heavy atom. The second-order valence-electron chi connectivity index (χ2n) is 2.23. The van der Waals surface area contributed by atoms with Crippen LogP contribution >= 0.6 is 0 Å². The van der Waals surface area contributed by atoms with Gasteiger partial charge in [0.1, 0.15) is 0 Å². The predicted molar refractivity (Wildman–Crippen MR) is 46.4 cm³/mol. The number of allylic oxidation sites excluding steroid dienone is 3. The van der Waals surface area contributed by atoms with Crippen LogP contribution in [0.15, 0.2) is 23.8 Å². The zero-order valence-electron chi connectivity index (χ0n) is 7.63. The second kappa shape index (κ2) is 6.13. The molecule has 0 N–H and O–H groups in total. The first kappa shape index (κ1) is 10.4. The first-order valence-corrected chi connectivity index (χ1v) is 3.61. The molecule has 0 spiro atoms. The van der Waals surface area contributed by atoms with E-state index in [0.29, 0.717) is 0 Å². The van der Waals surface area contributed by atoms with Gasteiger partial charge in [-0.3, -0.25) is 0 Å². The zero-order valence-corrected chi connectivity index (χ0v) is 7.63. The minimum absolute atomic E-state index is 0.232. The van der Waals surface area contributed by atoms with E-state index in [4.69, 9.17) is 9.47 Å². The van der Waals surface area contributed by atoms with Gasteiger partial charge >= 0.3 is 0 Å². The highest BCUT2D eigenvalue weighted by Gasteiger charge is 1.95. The van der Waals surface area contributed by atoms with Crippen molar-refractivity contribution in [2.45, 2.75) is 20.1 Å². The summed E-state index contributed by atoms with van der Waals surface area (Å²) in [4.78, 5) is 0. The van der Waals surface area contributed by atoms with Gasteiger partial charge < -0.3 is 9.47 Å². The summed E-state index contributed by atoms with van der Waals surface area (Å²) in [5, 5.41) is 0. The van der Waals surface area contributed by atoms with E-state index in [2.05, 4.69) is 0 Å². The van der Waals surface area contributed by atoms with Crippen LogP contribution in [0.25, 0.3) is 0 Å². The molecule has 0 fully saturated rings.